The third kappa shape index (κ3) is 4.07. The molecule has 1 aliphatic heterocycles. The zero-order chi connectivity index (χ0) is 20.3. The Balaban J connectivity index is 1.97. The normalized spacial score (nSPS) is 16.0. The number of aliphatic hydroxyl groups excluding tert-OH is 1. The van der Waals surface area contributed by atoms with Crippen LogP contribution < -0.4 is 0 Å². The Bertz CT molecular complexity index is 999. The van der Waals surface area contributed by atoms with Gasteiger partial charge in [-0.15, -0.1) is 0 Å². The summed E-state index contributed by atoms with van der Waals surface area (Å²) in [4.78, 5) is 8.55. The van der Waals surface area contributed by atoms with Gasteiger partial charge in [0.2, 0.25) is 10.0 Å². The van der Waals surface area contributed by atoms with Crippen LogP contribution in [0.15, 0.2) is 34.3 Å². The number of aromatic nitrogens is 1. The van der Waals surface area contributed by atoms with Gasteiger partial charge >= 0.3 is 0 Å². The molecule has 150 valence electrons. The van der Waals surface area contributed by atoms with E-state index in [1.165, 1.54) is 22.8 Å². The number of sulfonamides is 1. The van der Waals surface area contributed by atoms with Crippen LogP contribution in [-0.4, -0.2) is 60.4 Å². The molecule has 0 saturated carbocycles. The van der Waals surface area contributed by atoms with Crippen LogP contribution in [0.4, 0.5) is 5.69 Å². The molecule has 0 amide bonds. The van der Waals surface area contributed by atoms with Gasteiger partial charge in [-0.05, 0) is 31.5 Å². The molecule has 0 radical (unpaired) electrons. The van der Waals surface area contributed by atoms with Crippen LogP contribution in [0.1, 0.15) is 22.4 Å². The van der Waals surface area contributed by atoms with E-state index in [1.807, 2.05) is 6.92 Å². The molecule has 28 heavy (non-hydrogen) atoms. The molecule has 0 atom stereocenters. The molecule has 2 heterocycles. The van der Waals surface area contributed by atoms with Gasteiger partial charge < -0.3 is 14.9 Å². The number of pyridine rings is 1. The van der Waals surface area contributed by atoms with Crippen molar-refractivity contribution in [2.75, 3.05) is 26.3 Å². The van der Waals surface area contributed by atoms with Crippen molar-refractivity contribution in [3.05, 3.63) is 46.8 Å². The number of hydrogen-bond acceptors (Lipinski definition) is 7. The SMILES string of the molecule is Cc1ccc(S(=O)(=O)N2CCOCC2)cc1N=Cc1c(CO)cnc(C)c1O. The zero-order valence-corrected chi connectivity index (χ0v) is 16.6. The van der Waals surface area contributed by atoms with Gasteiger partial charge in [-0.3, -0.25) is 9.98 Å². The van der Waals surface area contributed by atoms with Gasteiger partial charge in [0.25, 0.3) is 0 Å². The molecule has 2 N–H and O–H groups in total. The maximum absolute atomic E-state index is 12.9. The van der Waals surface area contributed by atoms with Crippen molar-refractivity contribution >= 4 is 21.9 Å². The molecule has 2 aromatic rings. The molecule has 8 nitrogen and oxygen atoms in total. The maximum Gasteiger partial charge on any atom is 0.243 e. The first kappa shape index (κ1) is 20.4. The molecule has 0 bridgehead atoms. The molecule has 1 saturated heterocycles. The van der Waals surface area contributed by atoms with Crippen molar-refractivity contribution in [1.82, 2.24) is 9.29 Å². The number of benzene rings is 1. The van der Waals surface area contributed by atoms with Gasteiger partial charge in [0.1, 0.15) is 5.75 Å². The Morgan fingerprint density at radius 3 is 2.68 bits per heavy atom. The molecule has 1 fully saturated rings. The molecule has 1 aromatic carbocycles. The fourth-order valence-corrected chi connectivity index (χ4v) is 4.31. The Labute approximate surface area is 164 Å². The minimum atomic E-state index is -3.63. The van der Waals surface area contributed by atoms with Crippen LogP contribution in [0.5, 0.6) is 5.75 Å². The van der Waals surface area contributed by atoms with E-state index < -0.39 is 10.0 Å². The summed E-state index contributed by atoms with van der Waals surface area (Å²) in [5, 5.41) is 19.7. The van der Waals surface area contributed by atoms with Gasteiger partial charge in [0, 0.05) is 36.6 Å². The minimum Gasteiger partial charge on any atom is -0.505 e. The van der Waals surface area contributed by atoms with E-state index in [1.54, 1.807) is 19.1 Å². The Hall–Kier alpha value is -2.33. The third-order valence-electron chi connectivity index (χ3n) is 4.65. The van der Waals surface area contributed by atoms with Crippen LogP contribution >= 0.6 is 0 Å². The second-order valence-electron chi connectivity index (χ2n) is 6.51. The minimum absolute atomic E-state index is 0.0648. The molecule has 0 unspecified atom stereocenters. The van der Waals surface area contributed by atoms with Crippen molar-refractivity contribution in [3.8, 4) is 5.75 Å². The molecule has 3 rings (SSSR count). The van der Waals surface area contributed by atoms with Gasteiger partial charge in [-0.2, -0.15) is 4.31 Å². The van der Waals surface area contributed by atoms with Gasteiger partial charge in [-0.25, -0.2) is 8.42 Å². The van der Waals surface area contributed by atoms with Crippen molar-refractivity contribution in [2.24, 2.45) is 4.99 Å². The second-order valence-corrected chi connectivity index (χ2v) is 8.45. The van der Waals surface area contributed by atoms with Gasteiger partial charge in [0.05, 0.1) is 36.1 Å². The molecule has 9 heteroatoms. The first-order chi connectivity index (χ1) is 13.3. The lowest BCUT2D eigenvalue weighted by Gasteiger charge is -2.26. The highest BCUT2D eigenvalue weighted by Crippen LogP contribution is 2.27. The molecule has 1 aromatic heterocycles. The first-order valence-corrected chi connectivity index (χ1v) is 10.3. The number of morpholine rings is 1. The topological polar surface area (TPSA) is 112 Å². The number of rotatable bonds is 5. The van der Waals surface area contributed by atoms with Crippen LogP contribution in [0.3, 0.4) is 0 Å². The summed E-state index contributed by atoms with van der Waals surface area (Å²) in [6.07, 6.45) is 2.89. The van der Waals surface area contributed by atoms with Crippen LogP contribution in [-0.2, 0) is 21.4 Å². The van der Waals surface area contributed by atoms with E-state index in [4.69, 9.17) is 4.74 Å². The summed E-state index contributed by atoms with van der Waals surface area (Å²) in [5.74, 6) is -0.0648. The number of aliphatic imine (C=N–C) groups is 1. The molecule has 0 aliphatic carbocycles. The number of aromatic hydroxyl groups is 1. The van der Waals surface area contributed by atoms with Crippen molar-refractivity contribution < 1.29 is 23.4 Å². The monoisotopic (exact) mass is 405 g/mol. The zero-order valence-electron chi connectivity index (χ0n) is 15.8. The number of ether oxygens (including phenoxy) is 1. The van der Waals surface area contributed by atoms with Crippen molar-refractivity contribution in [1.29, 1.82) is 0 Å². The highest BCUT2D eigenvalue weighted by atomic mass is 32.2. The van der Waals surface area contributed by atoms with Crippen molar-refractivity contribution in [2.45, 2.75) is 25.3 Å². The Kier molecular flexibility index (Phi) is 6.09. The predicted molar refractivity (Wildman–Crippen MR) is 105 cm³/mol. The second kappa shape index (κ2) is 8.36. The summed E-state index contributed by atoms with van der Waals surface area (Å²) in [5.41, 5.74) is 2.46. The van der Waals surface area contributed by atoms with E-state index in [0.717, 1.165) is 5.56 Å². The highest BCUT2D eigenvalue weighted by Gasteiger charge is 2.26. The van der Waals surface area contributed by atoms with Crippen LogP contribution in [0.25, 0.3) is 0 Å². The number of aliphatic hydroxyl groups is 1. The Morgan fingerprint density at radius 2 is 2.00 bits per heavy atom. The average Bonchev–Trinajstić information content (AvgIpc) is 2.70. The fraction of sp³-hybridized carbons (Fsp3) is 0.368. The maximum atomic E-state index is 12.9. The first-order valence-electron chi connectivity index (χ1n) is 8.85. The smallest absolute Gasteiger partial charge is 0.243 e. The standard InChI is InChI=1S/C19H23N3O5S/c1-13-3-4-16(28(25,26)22-5-7-27-8-6-22)9-18(13)21-11-17-15(12-23)10-20-14(2)19(17)24/h3-4,9-11,23-24H,5-8,12H2,1-2H3. The van der Waals surface area contributed by atoms with Crippen LogP contribution in [0.2, 0.25) is 0 Å². The summed E-state index contributed by atoms with van der Waals surface area (Å²) < 4.78 is 32.3. The fourth-order valence-electron chi connectivity index (χ4n) is 2.88. The molecular formula is C19H23N3O5S. The average molecular weight is 405 g/mol. The van der Waals surface area contributed by atoms with Gasteiger partial charge in [-0.1, -0.05) is 6.07 Å². The third-order valence-corrected chi connectivity index (χ3v) is 6.54. The quantitative estimate of drug-likeness (QED) is 0.732. The molecule has 1 aliphatic rings. The predicted octanol–water partition coefficient (Wildman–Crippen LogP) is 1.67. The van der Waals surface area contributed by atoms with E-state index in [-0.39, 0.29) is 17.3 Å². The summed E-state index contributed by atoms with van der Waals surface area (Å²) in [6.45, 7) is 4.56. The number of hydrogen-bond donors (Lipinski definition) is 2. The highest BCUT2D eigenvalue weighted by molar-refractivity contribution is 7.89. The van der Waals surface area contributed by atoms with Gasteiger partial charge in [0.15, 0.2) is 0 Å². The molecular weight excluding hydrogens is 382 g/mol. The van der Waals surface area contributed by atoms with E-state index >= 15 is 0 Å². The summed E-state index contributed by atoms with van der Waals surface area (Å²) in [7, 11) is -3.63. The lowest BCUT2D eigenvalue weighted by Crippen LogP contribution is -2.40. The lowest BCUT2D eigenvalue weighted by atomic mass is 10.1. The van der Waals surface area contributed by atoms with Crippen molar-refractivity contribution in [3.63, 3.8) is 0 Å². The van der Waals surface area contributed by atoms with E-state index in [2.05, 4.69) is 9.98 Å². The van der Waals surface area contributed by atoms with E-state index in [0.29, 0.717) is 48.8 Å². The number of aryl methyl sites for hydroxylation is 2. The molecule has 0 spiro atoms. The van der Waals surface area contributed by atoms with E-state index in [9.17, 15) is 18.6 Å². The Morgan fingerprint density at radius 1 is 1.29 bits per heavy atom. The largest absolute Gasteiger partial charge is 0.505 e. The summed E-state index contributed by atoms with van der Waals surface area (Å²) >= 11 is 0. The summed E-state index contributed by atoms with van der Waals surface area (Å²) in [6, 6.07) is 4.78. The van der Waals surface area contributed by atoms with Crippen LogP contribution in [0, 0.1) is 13.8 Å². The lowest BCUT2D eigenvalue weighted by molar-refractivity contribution is 0.0730. The number of nitrogens with zero attached hydrogens (tertiary/aromatic N) is 3.